The predicted molar refractivity (Wildman–Crippen MR) is 101 cm³/mol. The van der Waals surface area contributed by atoms with Gasteiger partial charge in [-0.15, -0.1) is 11.8 Å². The number of nitrogens with zero attached hydrogens (tertiary/aromatic N) is 1. The average molecular weight is 352 g/mol. The first kappa shape index (κ1) is 19.1. The maximum absolute atomic E-state index is 5.86. The van der Waals surface area contributed by atoms with Crippen LogP contribution >= 0.6 is 11.8 Å². The Hall–Kier alpha value is -1.24. The molecular formula is C18H29N3O2S. The first-order valence-electron chi connectivity index (χ1n) is 8.70. The van der Waals surface area contributed by atoms with Gasteiger partial charge in [0.25, 0.3) is 0 Å². The molecule has 0 saturated carbocycles. The van der Waals surface area contributed by atoms with Crippen molar-refractivity contribution in [1.29, 1.82) is 0 Å². The maximum Gasteiger partial charge on any atom is 0.191 e. The Labute approximate surface area is 149 Å². The Bertz CT molecular complexity index is 465. The third-order valence-electron chi connectivity index (χ3n) is 3.77. The number of thioether (sulfide) groups is 1. The monoisotopic (exact) mass is 351 g/mol. The Morgan fingerprint density at radius 3 is 2.71 bits per heavy atom. The molecule has 0 unspecified atom stereocenters. The Balaban J connectivity index is 1.47. The second-order valence-electron chi connectivity index (χ2n) is 5.62. The molecular weight excluding hydrogens is 322 g/mol. The minimum Gasteiger partial charge on any atom is -0.381 e. The SMILES string of the molecule is CN=C(NCCCOC1CCOCC1)NCCSc1ccccc1. The zero-order valence-electron chi connectivity index (χ0n) is 14.5. The van der Waals surface area contributed by atoms with Gasteiger partial charge in [-0.1, -0.05) is 18.2 Å². The second-order valence-corrected chi connectivity index (χ2v) is 6.79. The van der Waals surface area contributed by atoms with Crippen molar-refractivity contribution < 1.29 is 9.47 Å². The Kier molecular flexibility index (Phi) is 9.68. The summed E-state index contributed by atoms with van der Waals surface area (Å²) in [7, 11) is 1.80. The van der Waals surface area contributed by atoms with Crippen LogP contribution in [0.15, 0.2) is 40.2 Å². The predicted octanol–water partition coefficient (Wildman–Crippen LogP) is 2.53. The van der Waals surface area contributed by atoms with Crippen LogP contribution in [0.25, 0.3) is 0 Å². The van der Waals surface area contributed by atoms with Crippen LogP contribution in [0.4, 0.5) is 0 Å². The second kappa shape index (κ2) is 12.2. The summed E-state index contributed by atoms with van der Waals surface area (Å²) in [6.45, 7) is 4.21. The summed E-state index contributed by atoms with van der Waals surface area (Å²) >= 11 is 1.85. The van der Waals surface area contributed by atoms with Crippen LogP contribution in [0, 0.1) is 0 Å². The molecule has 0 amide bonds. The van der Waals surface area contributed by atoms with Crippen LogP contribution < -0.4 is 10.6 Å². The zero-order chi connectivity index (χ0) is 16.9. The van der Waals surface area contributed by atoms with Crippen LogP contribution in [-0.2, 0) is 9.47 Å². The van der Waals surface area contributed by atoms with Gasteiger partial charge in [-0.25, -0.2) is 0 Å². The van der Waals surface area contributed by atoms with E-state index in [1.165, 1.54) is 4.90 Å². The Morgan fingerprint density at radius 2 is 1.96 bits per heavy atom. The normalized spacial score (nSPS) is 16.1. The van der Waals surface area contributed by atoms with Gasteiger partial charge >= 0.3 is 0 Å². The lowest BCUT2D eigenvalue weighted by atomic mass is 10.1. The standard InChI is InChI=1S/C18H29N3O2S/c1-19-18(21-11-15-24-17-6-3-2-4-7-17)20-10-5-12-23-16-8-13-22-14-9-16/h2-4,6-7,16H,5,8-15H2,1H3,(H2,19,20,21). The lowest BCUT2D eigenvalue weighted by Gasteiger charge is -2.22. The number of hydrogen-bond donors (Lipinski definition) is 2. The van der Waals surface area contributed by atoms with Crippen LogP contribution in [0.3, 0.4) is 0 Å². The van der Waals surface area contributed by atoms with Crippen molar-refractivity contribution in [2.24, 2.45) is 4.99 Å². The van der Waals surface area contributed by atoms with Gasteiger partial charge in [0.1, 0.15) is 0 Å². The van der Waals surface area contributed by atoms with Gasteiger partial charge in [-0.3, -0.25) is 4.99 Å². The van der Waals surface area contributed by atoms with E-state index in [0.717, 1.165) is 63.9 Å². The summed E-state index contributed by atoms with van der Waals surface area (Å²) in [5.74, 6) is 1.87. The molecule has 1 fully saturated rings. The van der Waals surface area contributed by atoms with Crippen molar-refractivity contribution >= 4 is 17.7 Å². The number of rotatable bonds is 9. The van der Waals surface area contributed by atoms with E-state index in [2.05, 4.69) is 39.9 Å². The molecule has 2 N–H and O–H groups in total. The minimum absolute atomic E-state index is 0.381. The van der Waals surface area contributed by atoms with Gasteiger partial charge in [0.05, 0.1) is 6.10 Å². The molecule has 2 rings (SSSR count). The molecule has 0 spiro atoms. The molecule has 0 radical (unpaired) electrons. The molecule has 1 aliphatic heterocycles. The van der Waals surface area contributed by atoms with E-state index >= 15 is 0 Å². The van der Waals surface area contributed by atoms with E-state index in [0.29, 0.717) is 6.10 Å². The van der Waals surface area contributed by atoms with Gasteiger partial charge in [0, 0.05) is 50.6 Å². The van der Waals surface area contributed by atoms with E-state index in [4.69, 9.17) is 9.47 Å². The maximum atomic E-state index is 5.86. The van der Waals surface area contributed by atoms with Crippen molar-refractivity contribution in [3.05, 3.63) is 30.3 Å². The number of nitrogens with one attached hydrogen (secondary N) is 2. The largest absolute Gasteiger partial charge is 0.381 e. The van der Waals surface area contributed by atoms with Crippen molar-refractivity contribution in [3.63, 3.8) is 0 Å². The molecule has 134 valence electrons. The molecule has 1 aromatic rings. The minimum atomic E-state index is 0.381. The third kappa shape index (κ3) is 8.04. The summed E-state index contributed by atoms with van der Waals surface area (Å²) in [6.07, 6.45) is 3.41. The quantitative estimate of drug-likeness (QED) is 0.310. The molecule has 1 saturated heterocycles. The smallest absolute Gasteiger partial charge is 0.191 e. The molecule has 0 aromatic heterocycles. The highest BCUT2D eigenvalue weighted by molar-refractivity contribution is 7.99. The first-order valence-corrected chi connectivity index (χ1v) is 9.69. The molecule has 0 atom stereocenters. The number of ether oxygens (including phenoxy) is 2. The van der Waals surface area contributed by atoms with Crippen molar-refractivity contribution in [2.45, 2.75) is 30.3 Å². The van der Waals surface area contributed by atoms with Crippen LogP contribution in [0.5, 0.6) is 0 Å². The number of guanidine groups is 1. The lowest BCUT2D eigenvalue weighted by Crippen LogP contribution is -2.39. The summed E-state index contributed by atoms with van der Waals surface area (Å²) in [5, 5.41) is 6.67. The van der Waals surface area contributed by atoms with Gasteiger partial charge in [-0.05, 0) is 31.4 Å². The van der Waals surface area contributed by atoms with Gasteiger partial charge in [0.15, 0.2) is 5.96 Å². The molecule has 5 nitrogen and oxygen atoms in total. The van der Waals surface area contributed by atoms with E-state index in [1.54, 1.807) is 7.05 Å². The molecule has 24 heavy (non-hydrogen) atoms. The summed E-state index contributed by atoms with van der Waals surface area (Å²) < 4.78 is 11.2. The fourth-order valence-electron chi connectivity index (χ4n) is 2.45. The van der Waals surface area contributed by atoms with E-state index < -0.39 is 0 Å². The van der Waals surface area contributed by atoms with E-state index in [9.17, 15) is 0 Å². The summed E-state index contributed by atoms with van der Waals surface area (Å²) in [5.41, 5.74) is 0. The van der Waals surface area contributed by atoms with Crippen molar-refractivity contribution in [3.8, 4) is 0 Å². The zero-order valence-corrected chi connectivity index (χ0v) is 15.3. The molecule has 1 aromatic carbocycles. The van der Waals surface area contributed by atoms with Crippen LogP contribution in [-0.4, -0.2) is 57.8 Å². The number of aliphatic imine (C=N–C) groups is 1. The highest BCUT2D eigenvalue weighted by Gasteiger charge is 2.13. The molecule has 0 aliphatic carbocycles. The van der Waals surface area contributed by atoms with Gasteiger partial charge in [0.2, 0.25) is 0 Å². The topological polar surface area (TPSA) is 54.9 Å². The van der Waals surface area contributed by atoms with Crippen LogP contribution in [0.2, 0.25) is 0 Å². The van der Waals surface area contributed by atoms with Crippen molar-refractivity contribution in [2.75, 3.05) is 45.7 Å². The molecule has 1 heterocycles. The molecule has 6 heteroatoms. The number of benzene rings is 1. The fourth-order valence-corrected chi connectivity index (χ4v) is 3.24. The first-order chi connectivity index (χ1) is 11.9. The number of hydrogen-bond acceptors (Lipinski definition) is 4. The van der Waals surface area contributed by atoms with E-state index in [-0.39, 0.29) is 0 Å². The van der Waals surface area contributed by atoms with Crippen molar-refractivity contribution in [1.82, 2.24) is 10.6 Å². The highest BCUT2D eigenvalue weighted by Crippen LogP contribution is 2.15. The van der Waals surface area contributed by atoms with Crippen LogP contribution in [0.1, 0.15) is 19.3 Å². The van der Waals surface area contributed by atoms with Gasteiger partial charge in [-0.2, -0.15) is 0 Å². The van der Waals surface area contributed by atoms with E-state index in [1.807, 2.05) is 17.8 Å². The lowest BCUT2D eigenvalue weighted by molar-refractivity contribution is -0.0320. The van der Waals surface area contributed by atoms with Gasteiger partial charge < -0.3 is 20.1 Å². The average Bonchev–Trinajstić information content (AvgIpc) is 2.65. The fraction of sp³-hybridized carbons (Fsp3) is 0.611. The summed E-state index contributed by atoms with van der Waals surface area (Å²) in [6, 6.07) is 10.4. The molecule has 1 aliphatic rings. The summed E-state index contributed by atoms with van der Waals surface area (Å²) in [4.78, 5) is 5.55. The third-order valence-corrected chi connectivity index (χ3v) is 4.78. The molecule has 0 bridgehead atoms. The highest BCUT2D eigenvalue weighted by atomic mass is 32.2. The Morgan fingerprint density at radius 1 is 1.21 bits per heavy atom.